The third-order valence-electron chi connectivity index (χ3n) is 5.91. The van der Waals surface area contributed by atoms with E-state index in [1.807, 2.05) is 17.0 Å². The molecule has 26 heavy (non-hydrogen) atoms. The lowest BCUT2D eigenvalue weighted by atomic mass is 10.0. The number of amides is 3. The number of likely N-dealkylation sites (tertiary alicyclic amines) is 1. The molecule has 3 aliphatic heterocycles. The van der Waals surface area contributed by atoms with E-state index in [1.54, 1.807) is 21.9 Å². The first-order valence-electron chi connectivity index (χ1n) is 9.59. The van der Waals surface area contributed by atoms with E-state index in [1.165, 1.54) is 0 Å². The minimum atomic E-state index is -0.443. The lowest BCUT2D eigenvalue weighted by molar-refractivity contribution is -0.134. The van der Waals surface area contributed by atoms with Crippen LogP contribution >= 0.6 is 0 Å². The highest BCUT2D eigenvalue weighted by Gasteiger charge is 2.42. The Balaban J connectivity index is 1.67. The number of carbonyl (C=O) groups excluding carboxylic acids is 3. The van der Waals surface area contributed by atoms with Gasteiger partial charge >= 0.3 is 0 Å². The fraction of sp³-hybridized carbons (Fsp3) is 0.550. The SMILES string of the molecule is C[C@H]1CCCCN1C(=O)CN1C(=O)[C@@H]2CCCN2C(=O)c2ccccc21. The van der Waals surface area contributed by atoms with Crippen LogP contribution in [0.3, 0.4) is 0 Å². The van der Waals surface area contributed by atoms with E-state index in [2.05, 4.69) is 6.92 Å². The molecule has 1 aromatic carbocycles. The third-order valence-corrected chi connectivity index (χ3v) is 5.91. The highest BCUT2D eigenvalue weighted by atomic mass is 16.2. The van der Waals surface area contributed by atoms with E-state index in [4.69, 9.17) is 0 Å². The summed E-state index contributed by atoms with van der Waals surface area (Å²) in [4.78, 5) is 44.2. The Morgan fingerprint density at radius 1 is 1.08 bits per heavy atom. The fourth-order valence-electron chi connectivity index (χ4n) is 4.47. The molecule has 1 aromatic rings. The van der Waals surface area contributed by atoms with Crippen LogP contribution in [0.15, 0.2) is 24.3 Å². The van der Waals surface area contributed by atoms with Crippen molar-refractivity contribution in [3.05, 3.63) is 29.8 Å². The van der Waals surface area contributed by atoms with Crippen molar-refractivity contribution in [2.45, 2.75) is 51.1 Å². The summed E-state index contributed by atoms with van der Waals surface area (Å²) in [6, 6.07) is 6.92. The summed E-state index contributed by atoms with van der Waals surface area (Å²) in [5, 5.41) is 0. The Hall–Kier alpha value is -2.37. The quantitative estimate of drug-likeness (QED) is 0.816. The molecule has 6 heteroatoms. The van der Waals surface area contributed by atoms with Crippen LogP contribution in [0.4, 0.5) is 5.69 Å². The average molecular weight is 355 g/mol. The maximum absolute atomic E-state index is 13.2. The first-order chi connectivity index (χ1) is 12.6. The minimum absolute atomic E-state index is 0.0117. The molecule has 0 aliphatic carbocycles. The number of fused-ring (bicyclic) bond motifs is 2. The Labute approximate surface area is 153 Å². The number of carbonyl (C=O) groups is 3. The molecule has 3 heterocycles. The van der Waals surface area contributed by atoms with E-state index in [0.29, 0.717) is 24.2 Å². The summed E-state index contributed by atoms with van der Waals surface area (Å²) < 4.78 is 0. The van der Waals surface area contributed by atoms with Crippen LogP contribution in [-0.4, -0.2) is 59.2 Å². The van der Waals surface area contributed by atoms with Gasteiger partial charge in [0.15, 0.2) is 0 Å². The lowest BCUT2D eigenvalue weighted by Gasteiger charge is -2.35. The minimum Gasteiger partial charge on any atom is -0.338 e. The van der Waals surface area contributed by atoms with Crippen molar-refractivity contribution in [3.8, 4) is 0 Å². The lowest BCUT2D eigenvalue weighted by Crippen LogP contribution is -2.51. The molecule has 6 nitrogen and oxygen atoms in total. The van der Waals surface area contributed by atoms with Gasteiger partial charge in [-0.2, -0.15) is 0 Å². The normalized spacial score (nSPS) is 25.8. The smallest absolute Gasteiger partial charge is 0.256 e. The van der Waals surface area contributed by atoms with Crippen LogP contribution in [0.2, 0.25) is 0 Å². The molecule has 0 aromatic heterocycles. The number of benzene rings is 1. The summed E-state index contributed by atoms with van der Waals surface area (Å²) >= 11 is 0. The predicted octanol–water partition coefficient (Wildman–Crippen LogP) is 2.04. The Bertz CT molecular complexity index is 748. The zero-order valence-electron chi connectivity index (χ0n) is 15.2. The van der Waals surface area contributed by atoms with Crippen molar-refractivity contribution in [1.82, 2.24) is 9.80 Å². The van der Waals surface area contributed by atoms with Crippen LogP contribution < -0.4 is 4.90 Å². The summed E-state index contributed by atoms with van der Waals surface area (Å²) in [5.74, 6) is -0.254. The van der Waals surface area contributed by atoms with Gasteiger partial charge in [-0.25, -0.2) is 0 Å². The van der Waals surface area contributed by atoms with Gasteiger partial charge in [0.25, 0.3) is 5.91 Å². The monoisotopic (exact) mass is 355 g/mol. The van der Waals surface area contributed by atoms with Crippen molar-refractivity contribution in [1.29, 1.82) is 0 Å². The molecule has 2 saturated heterocycles. The summed E-state index contributed by atoms with van der Waals surface area (Å²) in [5.41, 5.74) is 1.08. The zero-order valence-corrected chi connectivity index (χ0v) is 15.2. The number of para-hydroxylation sites is 1. The maximum atomic E-state index is 13.2. The van der Waals surface area contributed by atoms with Crippen molar-refractivity contribution in [2.24, 2.45) is 0 Å². The van der Waals surface area contributed by atoms with Crippen LogP contribution in [0.5, 0.6) is 0 Å². The number of hydrogen-bond donors (Lipinski definition) is 0. The molecule has 4 rings (SSSR count). The Kier molecular flexibility index (Phi) is 4.42. The standard InChI is InChI=1S/C20H25N3O3/c1-14-7-4-5-11-21(14)18(24)13-23-16-9-3-2-8-15(16)19(25)22-12-6-10-17(22)20(23)26/h2-3,8-9,14,17H,4-7,10-13H2,1H3/t14-,17-/m0/s1. The van der Waals surface area contributed by atoms with Crippen LogP contribution in [0.25, 0.3) is 0 Å². The van der Waals surface area contributed by atoms with Gasteiger partial charge in [-0.3, -0.25) is 14.4 Å². The first-order valence-corrected chi connectivity index (χ1v) is 9.59. The van der Waals surface area contributed by atoms with Gasteiger partial charge in [-0.05, 0) is 51.2 Å². The third kappa shape index (κ3) is 2.77. The molecule has 138 valence electrons. The predicted molar refractivity (Wildman–Crippen MR) is 97.9 cm³/mol. The number of rotatable bonds is 2. The van der Waals surface area contributed by atoms with Crippen LogP contribution in [-0.2, 0) is 9.59 Å². The largest absolute Gasteiger partial charge is 0.338 e. The Morgan fingerprint density at radius 2 is 1.88 bits per heavy atom. The van der Waals surface area contributed by atoms with Gasteiger partial charge in [0.2, 0.25) is 11.8 Å². The van der Waals surface area contributed by atoms with E-state index >= 15 is 0 Å². The van der Waals surface area contributed by atoms with Crippen molar-refractivity contribution in [2.75, 3.05) is 24.5 Å². The Morgan fingerprint density at radius 3 is 2.69 bits per heavy atom. The number of anilines is 1. The summed E-state index contributed by atoms with van der Waals surface area (Å²) in [7, 11) is 0. The molecular weight excluding hydrogens is 330 g/mol. The summed E-state index contributed by atoms with van der Waals surface area (Å²) in [6.45, 7) is 3.43. The highest BCUT2D eigenvalue weighted by Crippen LogP contribution is 2.32. The van der Waals surface area contributed by atoms with Gasteiger partial charge in [0.05, 0.1) is 11.3 Å². The topological polar surface area (TPSA) is 60.9 Å². The molecule has 2 atom stereocenters. The molecule has 3 amide bonds. The number of hydrogen-bond acceptors (Lipinski definition) is 3. The van der Waals surface area contributed by atoms with Crippen molar-refractivity contribution < 1.29 is 14.4 Å². The van der Waals surface area contributed by atoms with Gasteiger partial charge in [-0.1, -0.05) is 12.1 Å². The van der Waals surface area contributed by atoms with Crippen molar-refractivity contribution >= 4 is 23.4 Å². The highest BCUT2D eigenvalue weighted by molar-refractivity contribution is 6.12. The van der Waals surface area contributed by atoms with Gasteiger partial charge < -0.3 is 14.7 Å². The van der Waals surface area contributed by atoms with E-state index in [9.17, 15) is 14.4 Å². The van der Waals surface area contributed by atoms with Crippen LogP contribution in [0.1, 0.15) is 49.4 Å². The van der Waals surface area contributed by atoms with Crippen molar-refractivity contribution in [3.63, 3.8) is 0 Å². The zero-order chi connectivity index (χ0) is 18.3. The maximum Gasteiger partial charge on any atom is 0.256 e. The second-order valence-electron chi connectivity index (χ2n) is 7.53. The van der Waals surface area contributed by atoms with E-state index < -0.39 is 6.04 Å². The van der Waals surface area contributed by atoms with Gasteiger partial charge in [0, 0.05) is 19.1 Å². The van der Waals surface area contributed by atoms with Gasteiger partial charge in [-0.15, -0.1) is 0 Å². The molecule has 0 spiro atoms. The summed E-state index contributed by atoms with van der Waals surface area (Å²) in [6.07, 6.45) is 4.65. The molecule has 2 fully saturated rings. The second-order valence-corrected chi connectivity index (χ2v) is 7.53. The molecule has 0 saturated carbocycles. The average Bonchev–Trinajstić information content (AvgIpc) is 3.12. The van der Waals surface area contributed by atoms with Gasteiger partial charge in [0.1, 0.15) is 12.6 Å². The number of nitrogens with zero attached hydrogens (tertiary/aromatic N) is 3. The molecule has 0 radical (unpaired) electrons. The molecule has 0 bridgehead atoms. The first kappa shape index (κ1) is 17.1. The molecular formula is C20H25N3O3. The second kappa shape index (κ2) is 6.74. The molecule has 3 aliphatic rings. The van der Waals surface area contributed by atoms with E-state index in [0.717, 1.165) is 32.2 Å². The van der Waals surface area contributed by atoms with Crippen LogP contribution in [0, 0.1) is 0 Å². The molecule has 0 N–H and O–H groups in total. The molecule has 0 unspecified atom stereocenters. The fourth-order valence-corrected chi connectivity index (χ4v) is 4.47. The number of piperidine rings is 1. The van der Waals surface area contributed by atoms with E-state index in [-0.39, 0.29) is 30.3 Å².